The molecule has 0 spiro atoms. The van der Waals surface area contributed by atoms with Gasteiger partial charge in [-0.25, -0.2) is 4.79 Å². The fourth-order valence-electron chi connectivity index (χ4n) is 2.99. The largest absolute Gasteiger partial charge is 0.339 e. The lowest BCUT2D eigenvalue weighted by Gasteiger charge is -2.35. The molecule has 0 radical (unpaired) electrons. The maximum atomic E-state index is 12.5. The predicted molar refractivity (Wildman–Crippen MR) is 84.4 cm³/mol. The van der Waals surface area contributed by atoms with Crippen LogP contribution in [0.4, 0.5) is 4.79 Å². The molecule has 22 heavy (non-hydrogen) atoms. The summed E-state index contributed by atoms with van der Waals surface area (Å²) in [5.41, 5.74) is 2.24. The second-order valence-corrected chi connectivity index (χ2v) is 6.37. The number of hydrogen-bond donors (Lipinski definition) is 1. The molecule has 118 valence electrons. The van der Waals surface area contributed by atoms with Crippen molar-refractivity contribution in [2.45, 2.75) is 32.2 Å². The van der Waals surface area contributed by atoms with Crippen molar-refractivity contribution in [3.63, 3.8) is 0 Å². The summed E-state index contributed by atoms with van der Waals surface area (Å²) in [7, 11) is 0. The van der Waals surface area contributed by atoms with Crippen LogP contribution in [0.2, 0.25) is 0 Å². The van der Waals surface area contributed by atoms with Gasteiger partial charge >= 0.3 is 6.03 Å². The highest BCUT2D eigenvalue weighted by Gasteiger charge is 2.46. The van der Waals surface area contributed by atoms with Gasteiger partial charge in [0.25, 0.3) is 0 Å². The summed E-state index contributed by atoms with van der Waals surface area (Å²) in [5.74, 6) is 0.0818. The van der Waals surface area contributed by atoms with E-state index in [0.29, 0.717) is 26.2 Å². The van der Waals surface area contributed by atoms with Gasteiger partial charge in [-0.3, -0.25) is 4.79 Å². The minimum Gasteiger partial charge on any atom is -0.339 e. The van der Waals surface area contributed by atoms with Gasteiger partial charge in [-0.05, 0) is 25.3 Å². The topological polar surface area (TPSA) is 52.7 Å². The average molecular weight is 301 g/mol. The van der Waals surface area contributed by atoms with Gasteiger partial charge in [0.05, 0.1) is 5.54 Å². The fraction of sp³-hybridized carbons (Fsp3) is 0.529. The first-order valence-corrected chi connectivity index (χ1v) is 7.90. The van der Waals surface area contributed by atoms with Crippen molar-refractivity contribution < 1.29 is 9.59 Å². The first kappa shape index (κ1) is 14.9. The molecule has 5 nitrogen and oxygen atoms in total. The molecule has 1 heterocycles. The first-order valence-electron chi connectivity index (χ1n) is 7.90. The van der Waals surface area contributed by atoms with Gasteiger partial charge in [0.2, 0.25) is 5.91 Å². The van der Waals surface area contributed by atoms with Crippen LogP contribution in [0, 0.1) is 6.92 Å². The molecule has 1 aromatic carbocycles. The third-order valence-electron chi connectivity index (χ3n) is 4.71. The van der Waals surface area contributed by atoms with Gasteiger partial charge in [0.1, 0.15) is 0 Å². The van der Waals surface area contributed by atoms with Crippen LogP contribution in [0.3, 0.4) is 0 Å². The molecule has 2 aliphatic rings. The summed E-state index contributed by atoms with van der Waals surface area (Å²) >= 11 is 0. The Bertz CT molecular complexity index is 570. The van der Waals surface area contributed by atoms with Crippen LogP contribution >= 0.6 is 0 Å². The van der Waals surface area contributed by atoms with Crippen LogP contribution in [0.15, 0.2) is 24.3 Å². The Morgan fingerprint density at radius 2 is 1.55 bits per heavy atom. The van der Waals surface area contributed by atoms with Gasteiger partial charge in [-0.15, -0.1) is 0 Å². The number of rotatable bonds is 2. The van der Waals surface area contributed by atoms with Gasteiger partial charge < -0.3 is 15.1 Å². The maximum absolute atomic E-state index is 12.5. The number of hydrogen-bond acceptors (Lipinski definition) is 2. The summed E-state index contributed by atoms with van der Waals surface area (Å²) < 4.78 is 0. The van der Waals surface area contributed by atoms with E-state index in [1.807, 2.05) is 4.90 Å². The molecule has 3 rings (SSSR count). The molecule has 1 saturated heterocycles. The van der Waals surface area contributed by atoms with Gasteiger partial charge in [-0.2, -0.15) is 0 Å². The second-order valence-electron chi connectivity index (χ2n) is 6.37. The smallest absolute Gasteiger partial charge is 0.318 e. The molecule has 0 bridgehead atoms. The summed E-state index contributed by atoms with van der Waals surface area (Å²) in [4.78, 5) is 27.4. The van der Waals surface area contributed by atoms with Crippen LogP contribution in [0.1, 0.15) is 30.9 Å². The number of aryl methyl sites for hydroxylation is 1. The van der Waals surface area contributed by atoms with Crippen LogP contribution in [0.25, 0.3) is 0 Å². The quantitative estimate of drug-likeness (QED) is 0.906. The predicted octanol–water partition coefficient (Wildman–Crippen LogP) is 1.86. The minimum absolute atomic E-state index is 0.0127. The minimum atomic E-state index is -0.178. The first-order chi connectivity index (χ1) is 10.5. The van der Waals surface area contributed by atoms with E-state index < -0.39 is 0 Å². The molecule has 0 atom stereocenters. The number of amides is 3. The third kappa shape index (κ3) is 2.93. The van der Waals surface area contributed by atoms with E-state index in [-0.39, 0.29) is 17.5 Å². The monoisotopic (exact) mass is 301 g/mol. The fourth-order valence-corrected chi connectivity index (χ4v) is 2.99. The highest BCUT2D eigenvalue weighted by atomic mass is 16.2. The summed E-state index contributed by atoms with van der Waals surface area (Å²) in [6.45, 7) is 6.11. The average Bonchev–Trinajstić information content (AvgIpc) is 3.28. The van der Waals surface area contributed by atoms with Crippen molar-refractivity contribution >= 4 is 11.9 Å². The number of nitrogens with one attached hydrogen (secondary N) is 1. The standard InChI is InChI=1S/C17H23N3O2/c1-13-3-5-15(6-4-13)17(7-8-17)18-16(22)20-11-9-19(10-12-20)14(2)21/h3-6H,7-12H2,1-2H3,(H,18,22). The van der Waals surface area contributed by atoms with E-state index >= 15 is 0 Å². The van der Waals surface area contributed by atoms with Crippen molar-refractivity contribution in [2.24, 2.45) is 0 Å². The molecule has 3 amide bonds. The molecule has 1 N–H and O–H groups in total. The van der Waals surface area contributed by atoms with Crippen molar-refractivity contribution in [1.82, 2.24) is 15.1 Å². The Kier molecular flexibility index (Phi) is 3.81. The lowest BCUT2D eigenvalue weighted by atomic mass is 10.0. The lowest BCUT2D eigenvalue weighted by Crippen LogP contribution is -2.54. The Balaban J connectivity index is 1.60. The Hall–Kier alpha value is -2.04. The Morgan fingerprint density at radius 1 is 1.00 bits per heavy atom. The zero-order chi connectivity index (χ0) is 15.7. The molecule has 0 unspecified atom stereocenters. The Labute approximate surface area is 131 Å². The van der Waals surface area contributed by atoms with E-state index in [1.54, 1.807) is 11.8 Å². The van der Waals surface area contributed by atoms with Crippen LogP contribution < -0.4 is 5.32 Å². The van der Waals surface area contributed by atoms with E-state index in [9.17, 15) is 9.59 Å². The number of benzene rings is 1. The third-order valence-corrected chi connectivity index (χ3v) is 4.71. The second kappa shape index (κ2) is 5.63. The van der Waals surface area contributed by atoms with Crippen LogP contribution in [-0.2, 0) is 10.3 Å². The number of piperazine rings is 1. The SMILES string of the molecule is CC(=O)N1CCN(C(=O)NC2(c3ccc(C)cc3)CC2)CC1. The molecule has 1 aromatic rings. The van der Waals surface area contributed by atoms with E-state index in [0.717, 1.165) is 12.8 Å². The van der Waals surface area contributed by atoms with Crippen molar-refractivity contribution in [2.75, 3.05) is 26.2 Å². The van der Waals surface area contributed by atoms with E-state index in [4.69, 9.17) is 0 Å². The molecule has 0 aromatic heterocycles. The van der Waals surface area contributed by atoms with Crippen molar-refractivity contribution in [3.8, 4) is 0 Å². The summed E-state index contributed by atoms with van der Waals surface area (Å²) in [6.07, 6.45) is 1.99. The molecule has 2 fully saturated rings. The van der Waals surface area contributed by atoms with Crippen LogP contribution in [0.5, 0.6) is 0 Å². The van der Waals surface area contributed by atoms with Gasteiger partial charge in [-0.1, -0.05) is 29.8 Å². The van der Waals surface area contributed by atoms with Crippen LogP contribution in [-0.4, -0.2) is 47.9 Å². The van der Waals surface area contributed by atoms with Crippen molar-refractivity contribution in [1.29, 1.82) is 0 Å². The molecular formula is C17H23N3O2. The van der Waals surface area contributed by atoms with E-state index in [1.165, 1.54) is 11.1 Å². The van der Waals surface area contributed by atoms with Gasteiger partial charge in [0, 0.05) is 33.1 Å². The molecule has 1 aliphatic carbocycles. The zero-order valence-corrected chi connectivity index (χ0v) is 13.3. The van der Waals surface area contributed by atoms with Gasteiger partial charge in [0.15, 0.2) is 0 Å². The molecular weight excluding hydrogens is 278 g/mol. The maximum Gasteiger partial charge on any atom is 0.318 e. The Morgan fingerprint density at radius 3 is 2.05 bits per heavy atom. The lowest BCUT2D eigenvalue weighted by molar-refractivity contribution is -0.130. The summed E-state index contributed by atoms with van der Waals surface area (Å²) in [5, 5.41) is 3.20. The van der Waals surface area contributed by atoms with Crippen molar-refractivity contribution in [3.05, 3.63) is 35.4 Å². The number of carbonyl (C=O) groups excluding carboxylic acids is 2. The number of nitrogens with zero attached hydrogens (tertiary/aromatic N) is 2. The number of urea groups is 1. The zero-order valence-electron chi connectivity index (χ0n) is 13.3. The highest BCUT2D eigenvalue weighted by Crippen LogP contribution is 2.45. The molecule has 5 heteroatoms. The normalized spacial score (nSPS) is 19.7. The molecule has 1 saturated carbocycles. The molecule has 1 aliphatic heterocycles. The number of carbonyl (C=O) groups is 2. The van der Waals surface area contributed by atoms with E-state index in [2.05, 4.69) is 36.5 Å². The highest BCUT2D eigenvalue weighted by molar-refractivity contribution is 5.77. The summed E-state index contributed by atoms with van der Waals surface area (Å²) in [6, 6.07) is 8.38.